The van der Waals surface area contributed by atoms with Gasteiger partial charge in [-0.05, 0) is 29.3 Å². The van der Waals surface area contributed by atoms with E-state index in [4.69, 9.17) is 11.6 Å². The Kier molecular flexibility index (Phi) is 4.97. The number of aliphatic hydroxyl groups is 1. The van der Waals surface area contributed by atoms with Crippen LogP contribution in [-0.4, -0.2) is 11.2 Å². The summed E-state index contributed by atoms with van der Waals surface area (Å²) >= 11 is 9.24. The Morgan fingerprint density at radius 2 is 1.79 bits per heavy atom. The fourth-order valence-corrected chi connectivity index (χ4v) is 2.48. The van der Waals surface area contributed by atoms with Gasteiger partial charge in [0.25, 0.3) is 0 Å². The SMILES string of the molecule is OC(Cc1ccc(Br)cc1F)Cc1ccccc1Cl. The van der Waals surface area contributed by atoms with Crippen LogP contribution in [0.1, 0.15) is 11.1 Å². The second kappa shape index (κ2) is 6.51. The molecule has 0 spiro atoms. The van der Waals surface area contributed by atoms with Crippen LogP contribution in [0.4, 0.5) is 4.39 Å². The average molecular weight is 344 g/mol. The molecule has 0 saturated carbocycles. The average Bonchev–Trinajstić information content (AvgIpc) is 2.36. The topological polar surface area (TPSA) is 20.2 Å². The Morgan fingerprint density at radius 1 is 1.11 bits per heavy atom. The van der Waals surface area contributed by atoms with E-state index >= 15 is 0 Å². The van der Waals surface area contributed by atoms with Crippen molar-refractivity contribution in [2.75, 3.05) is 0 Å². The molecule has 0 aromatic heterocycles. The van der Waals surface area contributed by atoms with Crippen LogP contribution in [-0.2, 0) is 12.8 Å². The number of benzene rings is 2. The zero-order chi connectivity index (χ0) is 13.8. The monoisotopic (exact) mass is 342 g/mol. The molecule has 0 bridgehead atoms. The van der Waals surface area contributed by atoms with E-state index in [0.717, 1.165) is 5.56 Å². The van der Waals surface area contributed by atoms with Crippen LogP contribution in [0.25, 0.3) is 0 Å². The fourth-order valence-electron chi connectivity index (χ4n) is 1.93. The molecule has 1 atom stereocenters. The minimum Gasteiger partial charge on any atom is -0.392 e. The summed E-state index contributed by atoms with van der Waals surface area (Å²) in [6.45, 7) is 0. The van der Waals surface area contributed by atoms with Gasteiger partial charge in [0, 0.05) is 22.3 Å². The van der Waals surface area contributed by atoms with E-state index < -0.39 is 6.10 Å². The van der Waals surface area contributed by atoms with Crippen molar-refractivity contribution in [1.29, 1.82) is 0 Å². The molecule has 0 fully saturated rings. The van der Waals surface area contributed by atoms with Gasteiger partial charge in [-0.1, -0.05) is 51.8 Å². The number of aliphatic hydroxyl groups excluding tert-OH is 1. The van der Waals surface area contributed by atoms with Crippen molar-refractivity contribution in [3.05, 3.63) is 68.9 Å². The number of hydrogen-bond acceptors (Lipinski definition) is 1. The van der Waals surface area contributed by atoms with Gasteiger partial charge in [-0.3, -0.25) is 0 Å². The molecule has 19 heavy (non-hydrogen) atoms. The third kappa shape index (κ3) is 4.03. The largest absolute Gasteiger partial charge is 0.392 e. The second-order valence-electron chi connectivity index (χ2n) is 4.39. The van der Waals surface area contributed by atoms with Gasteiger partial charge in [-0.25, -0.2) is 4.39 Å². The lowest BCUT2D eigenvalue weighted by Gasteiger charge is -2.12. The van der Waals surface area contributed by atoms with Crippen molar-refractivity contribution in [2.45, 2.75) is 18.9 Å². The van der Waals surface area contributed by atoms with Gasteiger partial charge >= 0.3 is 0 Å². The molecule has 1 unspecified atom stereocenters. The Balaban J connectivity index is 2.05. The first-order valence-corrected chi connectivity index (χ1v) is 7.09. The molecule has 2 rings (SSSR count). The molecule has 0 amide bonds. The van der Waals surface area contributed by atoms with Crippen molar-refractivity contribution in [3.8, 4) is 0 Å². The van der Waals surface area contributed by atoms with Crippen LogP contribution >= 0.6 is 27.5 Å². The minimum absolute atomic E-state index is 0.268. The quantitative estimate of drug-likeness (QED) is 0.873. The number of hydrogen-bond donors (Lipinski definition) is 1. The highest BCUT2D eigenvalue weighted by atomic mass is 79.9. The van der Waals surface area contributed by atoms with Crippen LogP contribution in [0.2, 0.25) is 5.02 Å². The molecule has 100 valence electrons. The molecular formula is C15H13BrClFO. The Hall–Kier alpha value is -0.900. The molecule has 0 aliphatic carbocycles. The predicted octanol–water partition coefficient (Wildman–Crippen LogP) is 4.39. The van der Waals surface area contributed by atoms with E-state index in [0.29, 0.717) is 21.5 Å². The normalized spacial score (nSPS) is 12.4. The van der Waals surface area contributed by atoms with Gasteiger partial charge in [-0.15, -0.1) is 0 Å². The Bertz CT molecular complexity index is 574. The maximum atomic E-state index is 13.7. The molecule has 0 heterocycles. The second-order valence-corrected chi connectivity index (χ2v) is 5.71. The molecule has 0 aliphatic heterocycles. The summed E-state index contributed by atoms with van der Waals surface area (Å²) in [5.74, 6) is -0.312. The van der Waals surface area contributed by atoms with Crippen LogP contribution in [0.15, 0.2) is 46.9 Å². The third-order valence-electron chi connectivity index (χ3n) is 2.88. The Labute approximate surface area is 125 Å². The summed E-state index contributed by atoms with van der Waals surface area (Å²) in [7, 11) is 0. The molecule has 1 N–H and O–H groups in total. The molecule has 4 heteroatoms. The van der Waals surface area contributed by atoms with Crippen LogP contribution in [0, 0.1) is 5.82 Å². The lowest BCUT2D eigenvalue weighted by Crippen LogP contribution is -2.15. The number of rotatable bonds is 4. The molecule has 2 aromatic rings. The lowest BCUT2D eigenvalue weighted by atomic mass is 10.0. The first-order chi connectivity index (χ1) is 9.06. The first kappa shape index (κ1) is 14.5. The van der Waals surface area contributed by atoms with Gasteiger partial charge in [-0.2, -0.15) is 0 Å². The molecule has 1 nitrogen and oxygen atoms in total. The standard InChI is InChI=1S/C15H13BrClFO/c16-12-6-5-11(15(18)9-12)8-13(19)7-10-3-1-2-4-14(10)17/h1-6,9,13,19H,7-8H2. The van der Waals surface area contributed by atoms with E-state index in [-0.39, 0.29) is 12.2 Å². The summed E-state index contributed by atoms with van der Waals surface area (Å²) < 4.78 is 14.4. The van der Waals surface area contributed by atoms with Gasteiger partial charge in [0.2, 0.25) is 0 Å². The van der Waals surface area contributed by atoms with Gasteiger partial charge in [0.15, 0.2) is 0 Å². The highest BCUT2D eigenvalue weighted by Gasteiger charge is 2.12. The van der Waals surface area contributed by atoms with Crippen LogP contribution in [0.5, 0.6) is 0 Å². The molecule has 0 aliphatic rings. The first-order valence-electron chi connectivity index (χ1n) is 5.91. The summed E-state index contributed by atoms with van der Waals surface area (Å²) in [6.07, 6.45) is 0.0232. The molecule has 0 radical (unpaired) electrons. The number of halogens is 3. The smallest absolute Gasteiger partial charge is 0.127 e. The summed E-state index contributed by atoms with van der Waals surface area (Å²) in [6, 6.07) is 12.2. The molecular weight excluding hydrogens is 331 g/mol. The molecule has 0 saturated heterocycles. The van der Waals surface area contributed by atoms with E-state index in [1.165, 1.54) is 6.07 Å². The summed E-state index contributed by atoms with van der Waals surface area (Å²) in [5, 5.41) is 10.7. The zero-order valence-corrected chi connectivity index (χ0v) is 12.5. The van der Waals surface area contributed by atoms with Crippen molar-refractivity contribution >= 4 is 27.5 Å². The fraction of sp³-hybridized carbons (Fsp3) is 0.200. The van der Waals surface area contributed by atoms with E-state index in [9.17, 15) is 9.50 Å². The van der Waals surface area contributed by atoms with Gasteiger partial charge < -0.3 is 5.11 Å². The maximum Gasteiger partial charge on any atom is 0.127 e. The van der Waals surface area contributed by atoms with Gasteiger partial charge in [0.1, 0.15) is 5.82 Å². The van der Waals surface area contributed by atoms with Crippen molar-refractivity contribution < 1.29 is 9.50 Å². The van der Waals surface area contributed by atoms with Crippen LogP contribution < -0.4 is 0 Å². The summed E-state index contributed by atoms with van der Waals surface area (Å²) in [5.41, 5.74) is 1.37. The lowest BCUT2D eigenvalue weighted by molar-refractivity contribution is 0.174. The third-order valence-corrected chi connectivity index (χ3v) is 3.75. The maximum absolute atomic E-state index is 13.7. The summed E-state index contributed by atoms with van der Waals surface area (Å²) in [4.78, 5) is 0. The van der Waals surface area contributed by atoms with E-state index in [1.54, 1.807) is 18.2 Å². The Morgan fingerprint density at radius 3 is 2.47 bits per heavy atom. The predicted molar refractivity (Wildman–Crippen MR) is 79.0 cm³/mol. The van der Waals surface area contributed by atoms with Crippen LogP contribution in [0.3, 0.4) is 0 Å². The zero-order valence-electron chi connectivity index (χ0n) is 10.1. The van der Waals surface area contributed by atoms with Crippen molar-refractivity contribution in [3.63, 3.8) is 0 Å². The highest BCUT2D eigenvalue weighted by Crippen LogP contribution is 2.20. The van der Waals surface area contributed by atoms with Crippen molar-refractivity contribution in [1.82, 2.24) is 0 Å². The van der Waals surface area contributed by atoms with Crippen molar-refractivity contribution in [2.24, 2.45) is 0 Å². The highest BCUT2D eigenvalue weighted by molar-refractivity contribution is 9.10. The molecule has 2 aromatic carbocycles. The minimum atomic E-state index is -0.657. The van der Waals surface area contributed by atoms with E-state index in [2.05, 4.69) is 15.9 Å². The van der Waals surface area contributed by atoms with E-state index in [1.807, 2.05) is 18.2 Å². The van der Waals surface area contributed by atoms with Gasteiger partial charge in [0.05, 0.1) is 6.10 Å².